The number of nitrogens with zero attached hydrogens (tertiary/aromatic N) is 2. The van der Waals surface area contributed by atoms with Gasteiger partial charge < -0.3 is 5.11 Å². The summed E-state index contributed by atoms with van der Waals surface area (Å²) in [5, 5.41) is 11.4. The number of sulfonamides is 1. The second kappa shape index (κ2) is 5.10. The van der Waals surface area contributed by atoms with Crippen molar-refractivity contribution >= 4 is 37.8 Å². The van der Waals surface area contributed by atoms with E-state index in [1.54, 1.807) is 12.1 Å². The molecule has 1 aromatic carbocycles. The van der Waals surface area contributed by atoms with Gasteiger partial charge in [0.15, 0.2) is 11.6 Å². The summed E-state index contributed by atoms with van der Waals surface area (Å²) < 4.78 is 26.8. The average Bonchev–Trinajstić information content (AvgIpc) is 2.92. The predicted molar refractivity (Wildman–Crippen MR) is 89.4 cm³/mol. The van der Waals surface area contributed by atoms with Gasteiger partial charge in [0.25, 0.3) is 10.0 Å². The number of aliphatic hydroxyl groups excluding tert-OH is 1. The quantitative estimate of drug-likeness (QED) is 0.914. The fourth-order valence-corrected chi connectivity index (χ4v) is 5.04. The molecule has 0 spiro atoms. The van der Waals surface area contributed by atoms with Gasteiger partial charge in [0.2, 0.25) is 0 Å². The number of rotatable bonds is 2. The maximum absolute atomic E-state index is 12.8. The Morgan fingerprint density at radius 3 is 2.64 bits per heavy atom. The van der Waals surface area contributed by atoms with Crippen LogP contribution >= 0.6 is 11.3 Å². The van der Waals surface area contributed by atoms with Crippen molar-refractivity contribution in [2.45, 2.75) is 20.3 Å². The Balaban J connectivity index is 2.36. The molecular formula is C15H16N2O3S2. The van der Waals surface area contributed by atoms with E-state index in [-0.39, 0.29) is 10.7 Å². The third-order valence-electron chi connectivity index (χ3n) is 3.69. The fraction of sp³-hybridized carbons (Fsp3) is 0.267. The first kappa shape index (κ1) is 15.1. The lowest BCUT2D eigenvalue weighted by Crippen LogP contribution is -2.31. The molecule has 2 aromatic rings. The molecule has 22 heavy (non-hydrogen) atoms. The highest BCUT2D eigenvalue weighted by atomic mass is 32.2. The number of aromatic nitrogens is 1. The van der Waals surface area contributed by atoms with Crippen LogP contribution in [0.25, 0.3) is 10.7 Å². The molecule has 0 bridgehead atoms. The van der Waals surface area contributed by atoms with Crippen LogP contribution in [0.5, 0.6) is 0 Å². The lowest BCUT2D eigenvalue weighted by molar-refractivity contribution is 0.515. The van der Waals surface area contributed by atoms with Crippen molar-refractivity contribution in [2.24, 2.45) is 0 Å². The lowest BCUT2D eigenvalue weighted by atomic mass is 10.1. The molecule has 0 amide bonds. The first-order valence-corrected chi connectivity index (χ1v) is 9.11. The number of thiazole rings is 1. The number of anilines is 1. The van der Waals surface area contributed by atoms with Gasteiger partial charge in [-0.1, -0.05) is 31.2 Å². The lowest BCUT2D eigenvalue weighted by Gasteiger charge is -2.26. The third-order valence-corrected chi connectivity index (χ3v) is 6.71. The van der Waals surface area contributed by atoms with Gasteiger partial charge in [-0.25, -0.2) is 13.4 Å². The van der Waals surface area contributed by atoms with E-state index in [1.807, 2.05) is 26.0 Å². The van der Waals surface area contributed by atoms with Crippen molar-refractivity contribution in [2.75, 3.05) is 11.4 Å². The molecule has 0 unspecified atom stereocenters. The van der Waals surface area contributed by atoms with E-state index in [2.05, 4.69) is 4.98 Å². The fourth-order valence-electron chi connectivity index (χ4n) is 2.44. The van der Waals surface area contributed by atoms with Crippen molar-refractivity contribution in [3.05, 3.63) is 45.3 Å². The van der Waals surface area contributed by atoms with Crippen molar-refractivity contribution in [1.29, 1.82) is 0 Å². The standard InChI is InChI=1S/C15H16N2O3S2/c1-4-11-16-15-13(21-11)12(18)14(22(19,20)17(15)3)10-8-6-5-7-9(10)2/h5-8,18H,4H2,1-3H3. The van der Waals surface area contributed by atoms with Crippen LogP contribution in [0.3, 0.4) is 0 Å². The van der Waals surface area contributed by atoms with Crippen LogP contribution in [0.2, 0.25) is 0 Å². The van der Waals surface area contributed by atoms with Crippen LogP contribution in [0, 0.1) is 6.92 Å². The number of hydrogen-bond donors (Lipinski definition) is 1. The van der Waals surface area contributed by atoms with Gasteiger partial charge in [-0.3, -0.25) is 4.31 Å². The maximum atomic E-state index is 12.8. The summed E-state index contributed by atoms with van der Waals surface area (Å²) in [4.78, 5) is 4.78. The zero-order chi connectivity index (χ0) is 16.1. The minimum absolute atomic E-state index is 0.0492. The molecule has 1 aromatic heterocycles. The molecule has 3 rings (SSSR count). The first-order chi connectivity index (χ1) is 10.4. The normalized spacial score (nSPS) is 16.8. The summed E-state index contributed by atoms with van der Waals surface area (Å²) >= 11 is 1.33. The monoisotopic (exact) mass is 336 g/mol. The summed E-state index contributed by atoms with van der Waals surface area (Å²) in [5.41, 5.74) is 1.31. The van der Waals surface area contributed by atoms with Gasteiger partial charge in [-0.15, -0.1) is 11.3 Å². The third kappa shape index (κ3) is 2.04. The topological polar surface area (TPSA) is 70.5 Å². The van der Waals surface area contributed by atoms with Crippen LogP contribution in [0.4, 0.5) is 5.82 Å². The van der Waals surface area contributed by atoms with Gasteiger partial charge >= 0.3 is 0 Å². The Labute approximate surface area is 133 Å². The molecule has 1 N–H and O–H groups in total. The van der Waals surface area contributed by atoms with E-state index in [4.69, 9.17) is 0 Å². The molecular weight excluding hydrogens is 320 g/mol. The molecule has 0 radical (unpaired) electrons. The van der Waals surface area contributed by atoms with Crippen LogP contribution in [-0.2, 0) is 16.4 Å². The van der Waals surface area contributed by atoms with Gasteiger partial charge in [0.05, 0.1) is 5.01 Å². The van der Waals surface area contributed by atoms with Gasteiger partial charge in [-0.05, 0) is 18.9 Å². The highest BCUT2D eigenvalue weighted by Crippen LogP contribution is 2.44. The molecule has 0 aliphatic carbocycles. The van der Waals surface area contributed by atoms with Gasteiger partial charge in [-0.2, -0.15) is 0 Å². The Morgan fingerprint density at radius 1 is 1.32 bits per heavy atom. The predicted octanol–water partition coefficient (Wildman–Crippen LogP) is 3.18. The SMILES string of the molecule is CCc1nc2c(s1)C(O)=C(c1ccccc1C)S(=O)(=O)N2C. The molecule has 1 aliphatic heterocycles. The summed E-state index contributed by atoms with van der Waals surface area (Å²) in [7, 11) is -2.36. The molecule has 0 fully saturated rings. The Morgan fingerprint density at radius 2 is 2.00 bits per heavy atom. The Bertz CT molecular complexity index is 882. The van der Waals surface area contributed by atoms with E-state index in [9.17, 15) is 13.5 Å². The largest absolute Gasteiger partial charge is 0.505 e. The minimum Gasteiger partial charge on any atom is -0.505 e. The molecule has 116 valence electrons. The van der Waals surface area contributed by atoms with E-state index in [0.29, 0.717) is 22.7 Å². The number of fused-ring (bicyclic) bond motifs is 1. The van der Waals surface area contributed by atoms with Crippen LogP contribution in [-0.4, -0.2) is 25.6 Å². The summed E-state index contributed by atoms with van der Waals surface area (Å²) in [5.74, 6) is 0.0938. The molecule has 5 nitrogen and oxygen atoms in total. The number of aryl methyl sites for hydroxylation is 2. The second-order valence-corrected chi connectivity index (χ2v) is 8.07. The number of benzene rings is 1. The average molecular weight is 336 g/mol. The van der Waals surface area contributed by atoms with E-state index in [1.165, 1.54) is 18.4 Å². The van der Waals surface area contributed by atoms with E-state index in [0.717, 1.165) is 14.9 Å². The van der Waals surface area contributed by atoms with Crippen molar-refractivity contribution < 1.29 is 13.5 Å². The molecule has 0 saturated heterocycles. The van der Waals surface area contributed by atoms with Gasteiger partial charge in [0.1, 0.15) is 9.78 Å². The van der Waals surface area contributed by atoms with Crippen LogP contribution < -0.4 is 4.31 Å². The molecule has 7 heteroatoms. The zero-order valence-corrected chi connectivity index (χ0v) is 14.1. The maximum Gasteiger partial charge on any atom is 0.269 e. The molecule has 2 heterocycles. The summed E-state index contributed by atoms with van der Waals surface area (Å²) in [6, 6.07) is 7.13. The molecule has 1 aliphatic rings. The number of hydrogen-bond acceptors (Lipinski definition) is 5. The van der Waals surface area contributed by atoms with Crippen molar-refractivity contribution in [3.8, 4) is 0 Å². The number of aliphatic hydroxyl groups is 1. The van der Waals surface area contributed by atoms with Crippen LogP contribution in [0.1, 0.15) is 27.9 Å². The summed E-state index contributed by atoms with van der Waals surface area (Å²) in [6.07, 6.45) is 0.693. The smallest absolute Gasteiger partial charge is 0.269 e. The van der Waals surface area contributed by atoms with E-state index >= 15 is 0 Å². The van der Waals surface area contributed by atoms with Crippen LogP contribution in [0.15, 0.2) is 24.3 Å². The minimum atomic E-state index is -3.83. The summed E-state index contributed by atoms with van der Waals surface area (Å²) in [6.45, 7) is 3.77. The van der Waals surface area contributed by atoms with Crippen molar-refractivity contribution in [3.63, 3.8) is 0 Å². The first-order valence-electron chi connectivity index (χ1n) is 6.86. The molecule has 0 atom stereocenters. The zero-order valence-electron chi connectivity index (χ0n) is 12.5. The Kier molecular flexibility index (Phi) is 3.49. The highest BCUT2D eigenvalue weighted by Gasteiger charge is 2.39. The second-order valence-electron chi connectivity index (χ2n) is 5.08. The van der Waals surface area contributed by atoms with Gasteiger partial charge in [0, 0.05) is 12.6 Å². The highest BCUT2D eigenvalue weighted by molar-refractivity contribution is 8.02. The van der Waals surface area contributed by atoms with E-state index < -0.39 is 10.0 Å². The van der Waals surface area contributed by atoms with Crippen molar-refractivity contribution in [1.82, 2.24) is 4.98 Å². The Hall–Kier alpha value is -1.86. The molecule has 0 saturated carbocycles.